The molecule has 0 spiro atoms. The molecule has 0 aromatic carbocycles. The van der Waals surface area contributed by atoms with Gasteiger partial charge in [-0.25, -0.2) is 15.0 Å². The van der Waals surface area contributed by atoms with E-state index >= 15 is 0 Å². The molecule has 0 aliphatic carbocycles. The Kier molecular flexibility index (Phi) is 3.46. The van der Waals surface area contributed by atoms with E-state index in [4.69, 9.17) is 0 Å². The predicted molar refractivity (Wildman–Crippen MR) is 66.0 cm³/mol. The standard InChI is InChI=1S/C11H11BrN4/c1-8-5-9(16-7-15-8)6-14-11-10(12)3-2-4-13-11/h2-5,7H,6H2,1H3,(H,13,14). The molecule has 0 radical (unpaired) electrons. The zero-order valence-corrected chi connectivity index (χ0v) is 10.4. The fraction of sp³-hybridized carbons (Fsp3) is 0.182. The maximum atomic E-state index is 4.21. The summed E-state index contributed by atoms with van der Waals surface area (Å²) in [6, 6.07) is 5.77. The summed E-state index contributed by atoms with van der Waals surface area (Å²) in [6.45, 7) is 2.58. The highest BCUT2D eigenvalue weighted by Crippen LogP contribution is 2.18. The lowest BCUT2D eigenvalue weighted by atomic mass is 10.3. The highest BCUT2D eigenvalue weighted by Gasteiger charge is 2.00. The Morgan fingerprint density at radius 3 is 2.94 bits per heavy atom. The van der Waals surface area contributed by atoms with Crippen LogP contribution in [-0.4, -0.2) is 15.0 Å². The third kappa shape index (κ3) is 2.76. The molecule has 0 saturated heterocycles. The number of hydrogen-bond donors (Lipinski definition) is 1. The van der Waals surface area contributed by atoms with Crippen molar-refractivity contribution < 1.29 is 0 Å². The first-order chi connectivity index (χ1) is 7.75. The van der Waals surface area contributed by atoms with Gasteiger partial charge in [-0.15, -0.1) is 0 Å². The molecular weight excluding hydrogens is 268 g/mol. The van der Waals surface area contributed by atoms with Gasteiger partial charge in [-0.3, -0.25) is 0 Å². The Bertz CT molecular complexity index is 487. The van der Waals surface area contributed by atoms with E-state index in [2.05, 4.69) is 36.2 Å². The van der Waals surface area contributed by atoms with Gasteiger partial charge in [-0.2, -0.15) is 0 Å². The molecule has 1 N–H and O–H groups in total. The van der Waals surface area contributed by atoms with Crippen LogP contribution < -0.4 is 5.32 Å². The molecule has 0 unspecified atom stereocenters. The van der Waals surface area contributed by atoms with E-state index in [9.17, 15) is 0 Å². The van der Waals surface area contributed by atoms with Crippen molar-refractivity contribution in [3.8, 4) is 0 Å². The Labute approximate surface area is 102 Å². The van der Waals surface area contributed by atoms with Gasteiger partial charge in [-0.1, -0.05) is 0 Å². The second kappa shape index (κ2) is 5.03. The van der Waals surface area contributed by atoms with Gasteiger partial charge < -0.3 is 5.32 Å². The lowest BCUT2D eigenvalue weighted by Gasteiger charge is -2.06. The molecular formula is C11H11BrN4. The van der Waals surface area contributed by atoms with Gasteiger partial charge in [0.1, 0.15) is 12.1 Å². The molecule has 5 heteroatoms. The molecule has 16 heavy (non-hydrogen) atoms. The number of rotatable bonds is 3. The molecule has 82 valence electrons. The van der Waals surface area contributed by atoms with Crippen molar-refractivity contribution in [1.29, 1.82) is 0 Å². The van der Waals surface area contributed by atoms with Crippen molar-refractivity contribution in [1.82, 2.24) is 15.0 Å². The average molecular weight is 279 g/mol. The van der Waals surface area contributed by atoms with E-state index in [1.807, 2.05) is 25.1 Å². The quantitative estimate of drug-likeness (QED) is 0.938. The highest BCUT2D eigenvalue weighted by atomic mass is 79.9. The predicted octanol–water partition coefficient (Wildman–Crippen LogP) is 2.55. The molecule has 0 bridgehead atoms. The van der Waals surface area contributed by atoms with E-state index in [0.29, 0.717) is 6.54 Å². The van der Waals surface area contributed by atoms with Gasteiger partial charge >= 0.3 is 0 Å². The van der Waals surface area contributed by atoms with E-state index in [1.165, 1.54) is 0 Å². The molecule has 0 atom stereocenters. The Morgan fingerprint density at radius 2 is 2.19 bits per heavy atom. The minimum Gasteiger partial charge on any atom is -0.363 e. The first kappa shape index (κ1) is 11.0. The van der Waals surface area contributed by atoms with Gasteiger partial charge in [0.2, 0.25) is 0 Å². The Hall–Kier alpha value is -1.49. The summed E-state index contributed by atoms with van der Waals surface area (Å²) in [6.07, 6.45) is 3.32. The second-order valence-electron chi connectivity index (χ2n) is 3.34. The van der Waals surface area contributed by atoms with Crippen LogP contribution in [0.1, 0.15) is 11.4 Å². The highest BCUT2D eigenvalue weighted by molar-refractivity contribution is 9.10. The molecule has 0 aliphatic rings. The largest absolute Gasteiger partial charge is 0.363 e. The van der Waals surface area contributed by atoms with Gasteiger partial charge in [-0.05, 0) is 41.1 Å². The average Bonchev–Trinajstić information content (AvgIpc) is 2.28. The number of pyridine rings is 1. The summed E-state index contributed by atoms with van der Waals surface area (Å²) < 4.78 is 0.945. The number of anilines is 1. The molecule has 2 heterocycles. The van der Waals surface area contributed by atoms with Crippen LogP contribution in [0.25, 0.3) is 0 Å². The van der Waals surface area contributed by atoms with E-state index in [1.54, 1.807) is 12.5 Å². The van der Waals surface area contributed by atoms with E-state index in [-0.39, 0.29) is 0 Å². The van der Waals surface area contributed by atoms with Crippen LogP contribution in [0.4, 0.5) is 5.82 Å². The number of halogens is 1. The van der Waals surface area contributed by atoms with E-state index < -0.39 is 0 Å². The van der Waals surface area contributed by atoms with Gasteiger partial charge in [0.05, 0.1) is 16.7 Å². The van der Waals surface area contributed by atoms with Crippen molar-refractivity contribution in [2.45, 2.75) is 13.5 Å². The van der Waals surface area contributed by atoms with Crippen molar-refractivity contribution in [3.05, 3.63) is 46.6 Å². The van der Waals surface area contributed by atoms with Crippen LogP contribution in [0.5, 0.6) is 0 Å². The van der Waals surface area contributed by atoms with Crippen LogP contribution >= 0.6 is 15.9 Å². The smallest absolute Gasteiger partial charge is 0.140 e. The van der Waals surface area contributed by atoms with Crippen LogP contribution in [0, 0.1) is 6.92 Å². The van der Waals surface area contributed by atoms with Gasteiger partial charge in [0.15, 0.2) is 0 Å². The van der Waals surface area contributed by atoms with Crippen molar-refractivity contribution in [2.24, 2.45) is 0 Å². The van der Waals surface area contributed by atoms with Crippen molar-refractivity contribution in [3.63, 3.8) is 0 Å². The molecule has 0 fully saturated rings. The van der Waals surface area contributed by atoms with Gasteiger partial charge in [0.25, 0.3) is 0 Å². The third-order valence-electron chi connectivity index (χ3n) is 2.06. The van der Waals surface area contributed by atoms with Gasteiger partial charge in [0, 0.05) is 11.9 Å². The van der Waals surface area contributed by atoms with Crippen LogP contribution in [0.3, 0.4) is 0 Å². The molecule has 0 amide bonds. The first-order valence-electron chi connectivity index (χ1n) is 4.87. The number of aromatic nitrogens is 3. The maximum Gasteiger partial charge on any atom is 0.140 e. The summed E-state index contributed by atoms with van der Waals surface area (Å²) in [5.41, 5.74) is 1.91. The Morgan fingerprint density at radius 1 is 1.31 bits per heavy atom. The number of nitrogens with zero attached hydrogens (tertiary/aromatic N) is 3. The van der Waals surface area contributed by atoms with Crippen LogP contribution in [0.2, 0.25) is 0 Å². The van der Waals surface area contributed by atoms with Crippen LogP contribution in [0.15, 0.2) is 35.2 Å². The monoisotopic (exact) mass is 278 g/mol. The fourth-order valence-corrected chi connectivity index (χ4v) is 1.69. The Balaban J connectivity index is 2.05. The molecule has 4 nitrogen and oxygen atoms in total. The number of nitrogens with one attached hydrogen (secondary N) is 1. The lowest BCUT2D eigenvalue weighted by molar-refractivity contribution is 0.974. The molecule has 2 rings (SSSR count). The molecule has 2 aromatic heterocycles. The number of aryl methyl sites for hydroxylation is 1. The molecule has 2 aromatic rings. The molecule has 0 aliphatic heterocycles. The summed E-state index contributed by atoms with van der Waals surface area (Å²) in [7, 11) is 0. The SMILES string of the molecule is Cc1cc(CNc2ncccc2Br)ncn1. The summed E-state index contributed by atoms with van der Waals surface area (Å²) in [4.78, 5) is 12.4. The first-order valence-corrected chi connectivity index (χ1v) is 5.67. The zero-order chi connectivity index (χ0) is 11.4. The minimum absolute atomic E-state index is 0.638. The number of hydrogen-bond acceptors (Lipinski definition) is 4. The summed E-state index contributed by atoms with van der Waals surface area (Å²) in [5.74, 6) is 0.818. The molecule has 0 saturated carbocycles. The minimum atomic E-state index is 0.638. The summed E-state index contributed by atoms with van der Waals surface area (Å²) in [5, 5.41) is 3.21. The normalized spacial score (nSPS) is 10.1. The maximum absolute atomic E-state index is 4.21. The van der Waals surface area contributed by atoms with Crippen LogP contribution in [-0.2, 0) is 6.54 Å². The third-order valence-corrected chi connectivity index (χ3v) is 2.70. The van der Waals surface area contributed by atoms with Crippen molar-refractivity contribution >= 4 is 21.7 Å². The topological polar surface area (TPSA) is 50.7 Å². The second-order valence-corrected chi connectivity index (χ2v) is 4.19. The van der Waals surface area contributed by atoms with E-state index in [0.717, 1.165) is 21.7 Å². The van der Waals surface area contributed by atoms with Crippen molar-refractivity contribution in [2.75, 3.05) is 5.32 Å². The fourth-order valence-electron chi connectivity index (χ4n) is 1.30. The summed E-state index contributed by atoms with van der Waals surface area (Å²) >= 11 is 3.43. The zero-order valence-electron chi connectivity index (χ0n) is 8.81. The lowest BCUT2D eigenvalue weighted by Crippen LogP contribution is -2.04.